The van der Waals surface area contributed by atoms with Crippen molar-refractivity contribution in [3.05, 3.63) is 36.3 Å². The molecule has 2 atom stereocenters. The van der Waals surface area contributed by atoms with Crippen LogP contribution >= 0.6 is 0 Å². The maximum absolute atomic E-state index is 12.6. The molecule has 1 N–H and O–H groups in total. The monoisotopic (exact) mass is 376 g/mol. The molecular formula is C19H19F3N4O. The van der Waals surface area contributed by atoms with Gasteiger partial charge in [0, 0.05) is 42.2 Å². The van der Waals surface area contributed by atoms with E-state index in [-0.39, 0.29) is 18.4 Å². The van der Waals surface area contributed by atoms with Gasteiger partial charge in [-0.15, -0.1) is 0 Å². The fourth-order valence-corrected chi connectivity index (χ4v) is 3.98. The highest BCUT2D eigenvalue weighted by Crippen LogP contribution is 2.38. The molecule has 142 valence electrons. The number of hydrogen-bond acceptors (Lipinski definition) is 3. The van der Waals surface area contributed by atoms with Crippen LogP contribution in [0.3, 0.4) is 0 Å². The predicted molar refractivity (Wildman–Crippen MR) is 95.2 cm³/mol. The maximum Gasteiger partial charge on any atom is 0.397 e. The number of carbonyl (C=O) groups is 1. The van der Waals surface area contributed by atoms with E-state index >= 15 is 0 Å². The Balaban J connectivity index is 1.73. The van der Waals surface area contributed by atoms with Crippen LogP contribution in [0.4, 0.5) is 13.2 Å². The molecule has 0 aromatic carbocycles. The van der Waals surface area contributed by atoms with Crippen molar-refractivity contribution in [3.8, 4) is 0 Å². The van der Waals surface area contributed by atoms with Crippen LogP contribution < -0.4 is 0 Å². The smallest absolute Gasteiger partial charge is 0.360 e. The van der Waals surface area contributed by atoms with Crippen LogP contribution in [-0.2, 0) is 4.79 Å². The number of nitrogens with one attached hydrogen (secondary N) is 1. The van der Waals surface area contributed by atoms with Gasteiger partial charge in [0.05, 0.1) is 11.7 Å². The standard InChI is InChI=1S/C19H19F3N4O/c1-11-4-7-26(16(27)8-19(20,21)22)10-14(11)12-2-5-23-15-9-25-18-13(17(12)15)3-6-24-18/h2-3,5-6,9,11,14,23H,4,7-8,10H2,1H3. The van der Waals surface area contributed by atoms with Crippen molar-refractivity contribution in [1.82, 2.24) is 19.9 Å². The van der Waals surface area contributed by atoms with Gasteiger partial charge in [0.25, 0.3) is 0 Å². The zero-order valence-electron chi connectivity index (χ0n) is 14.8. The average molecular weight is 376 g/mol. The summed E-state index contributed by atoms with van der Waals surface area (Å²) in [6, 6.07) is 3.84. The van der Waals surface area contributed by atoms with Crippen LogP contribution in [-0.4, -0.2) is 45.0 Å². The normalized spacial score (nSPS) is 21.1. The molecule has 1 aliphatic heterocycles. The first kappa shape index (κ1) is 17.8. The number of rotatable bonds is 2. The van der Waals surface area contributed by atoms with Crippen molar-refractivity contribution in [1.29, 1.82) is 0 Å². The van der Waals surface area contributed by atoms with Gasteiger partial charge >= 0.3 is 6.18 Å². The van der Waals surface area contributed by atoms with E-state index in [4.69, 9.17) is 0 Å². The van der Waals surface area contributed by atoms with Crippen LogP contribution in [0.15, 0.2) is 30.7 Å². The molecule has 1 amide bonds. The molecule has 5 nitrogen and oxygen atoms in total. The lowest BCUT2D eigenvalue weighted by Crippen LogP contribution is -2.43. The number of aromatic amines is 1. The van der Waals surface area contributed by atoms with Crippen molar-refractivity contribution in [2.45, 2.75) is 31.9 Å². The lowest BCUT2D eigenvalue weighted by Gasteiger charge is -2.38. The number of carbonyl (C=O) groups excluding carboxylic acids is 1. The SMILES string of the molecule is CC1CCN(C(=O)CC(F)(F)F)CC1c1cc[nH]c2cnc3nccc3c12. The Kier molecular flexibility index (Phi) is 4.28. The van der Waals surface area contributed by atoms with Crippen LogP contribution in [0.1, 0.15) is 31.2 Å². The van der Waals surface area contributed by atoms with Crippen molar-refractivity contribution in [2.75, 3.05) is 13.1 Å². The molecule has 1 aliphatic rings. The molecule has 3 aromatic heterocycles. The van der Waals surface area contributed by atoms with Gasteiger partial charge in [-0.1, -0.05) is 6.92 Å². The predicted octanol–water partition coefficient (Wildman–Crippen LogP) is 4.02. The molecule has 0 aliphatic carbocycles. The molecule has 1 saturated heterocycles. The number of nitrogens with zero attached hydrogens (tertiary/aromatic N) is 3. The van der Waals surface area contributed by atoms with E-state index in [1.807, 2.05) is 18.3 Å². The van der Waals surface area contributed by atoms with E-state index in [2.05, 4.69) is 21.9 Å². The molecular weight excluding hydrogens is 357 g/mol. The Labute approximate surface area is 153 Å². The second-order valence-corrected chi connectivity index (χ2v) is 7.17. The third-order valence-corrected chi connectivity index (χ3v) is 5.39. The Hall–Kier alpha value is -2.64. The van der Waals surface area contributed by atoms with Gasteiger partial charge in [-0.2, -0.15) is 13.2 Å². The zero-order valence-corrected chi connectivity index (χ0v) is 14.8. The maximum atomic E-state index is 12.6. The summed E-state index contributed by atoms with van der Waals surface area (Å²) in [5.74, 6) is -0.654. The fourth-order valence-electron chi connectivity index (χ4n) is 3.98. The summed E-state index contributed by atoms with van der Waals surface area (Å²) < 4.78 is 37.9. The summed E-state index contributed by atoms with van der Waals surface area (Å²) in [6.07, 6.45) is -0.000621. The van der Waals surface area contributed by atoms with Gasteiger partial charge in [0.15, 0.2) is 5.65 Å². The number of alkyl halides is 3. The first-order valence-corrected chi connectivity index (χ1v) is 8.89. The van der Waals surface area contributed by atoms with Crippen molar-refractivity contribution in [2.24, 2.45) is 5.92 Å². The molecule has 3 aromatic rings. The largest absolute Gasteiger partial charge is 0.397 e. The first-order chi connectivity index (χ1) is 12.8. The molecule has 4 heterocycles. The summed E-state index contributed by atoms with van der Waals surface area (Å²) in [5.41, 5.74) is 2.50. The number of fused-ring (bicyclic) bond motifs is 3. The molecule has 27 heavy (non-hydrogen) atoms. The molecule has 4 rings (SSSR count). The molecule has 0 bridgehead atoms. The van der Waals surface area contributed by atoms with E-state index in [0.29, 0.717) is 18.6 Å². The molecule has 0 spiro atoms. The van der Waals surface area contributed by atoms with Crippen molar-refractivity contribution >= 4 is 27.8 Å². The third kappa shape index (κ3) is 3.36. The topological polar surface area (TPSA) is 61.9 Å². The van der Waals surface area contributed by atoms with Crippen LogP contribution in [0.2, 0.25) is 0 Å². The first-order valence-electron chi connectivity index (χ1n) is 8.89. The van der Waals surface area contributed by atoms with Gasteiger partial charge in [-0.25, -0.2) is 9.97 Å². The highest BCUT2D eigenvalue weighted by Gasteiger charge is 2.37. The number of piperidine rings is 1. The molecule has 0 radical (unpaired) electrons. The van der Waals surface area contributed by atoms with Gasteiger partial charge in [0.2, 0.25) is 5.91 Å². The third-order valence-electron chi connectivity index (χ3n) is 5.39. The lowest BCUT2D eigenvalue weighted by atomic mass is 9.80. The number of pyridine rings is 2. The van der Waals surface area contributed by atoms with Crippen LogP contribution in [0, 0.1) is 5.92 Å². The van der Waals surface area contributed by atoms with Crippen LogP contribution in [0.25, 0.3) is 21.9 Å². The second-order valence-electron chi connectivity index (χ2n) is 7.17. The van der Waals surface area contributed by atoms with Crippen LogP contribution in [0.5, 0.6) is 0 Å². The van der Waals surface area contributed by atoms with E-state index in [0.717, 1.165) is 21.9 Å². The number of halogens is 3. The van der Waals surface area contributed by atoms with Gasteiger partial charge < -0.3 is 9.88 Å². The Bertz CT molecular complexity index is 997. The van der Waals surface area contributed by atoms with E-state index in [1.54, 1.807) is 12.4 Å². The molecule has 0 saturated carbocycles. The highest BCUT2D eigenvalue weighted by molar-refractivity contribution is 6.05. The summed E-state index contributed by atoms with van der Waals surface area (Å²) in [7, 11) is 0. The van der Waals surface area contributed by atoms with Gasteiger partial charge in [0.1, 0.15) is 6.42 Å². The minimum atomic E-state index is -4.48. The number of likely N-dealkylation sites (tertiary alicyclic amines) is 1. The number of aromatic nitrogens is 3. The number of hydrogen-bond donors (Lipinski definition) is 1. The minimum absolute atomic E-state index is 0.0477. The summed E-state index contributed by atoms with van der Waals surface area (Å²) in [6.45, 7) is 2.73. The molecule has 2 unspecified atom stereocenters. The second kappa shape index (κ2) is 6.51. The van der Waals surface area contributed by atoms with Gasteiger partial charge in [-0.3, -0.25) is 4.79 Å². The Morgan fingerprint density at radius 2 is 2.15 bits per heavy atom. The Morgan fingerprint density at radius 1 is 1.33 bits per heavy atom. The number of H-pyrrole nitrogens is 1. The van der Waals surface area contributed by atoms with E-state index in [1.165, 1.54) is 4.90 Å². The van der Waals surface area contributed by atoms with Crippen molar-refractivity contribution < 1.29 is 18.0 Å². The molecule has 1 fully saturated rings. The number of amides is 1. The quantitative estimate of drug-likeness (QED) is 0.735. The fraction of sp³-hybridized carbons (Fsp3) is 0.421. The summed E-state index contributed by atoms with van der Waals surface area (Å²) >= 11 is 0. The molecule has 8 heteroatoms. The van der Waals surface area contributed by atoms with E-state index in [9.17, 15) is 18.0 Å². The lowest BCUT2D eigenvalue weighted by molar-refractivity contribution is -0.162. The summed E-state index contributed by atoms with van der Waals surface area (Å²) in [5, 5.41) is 1.88. The van der Waals surface area contributed by atoms with E-state index < -0.39 is 18.5 Å². The highest BCUT2D eigenvalue weighted by atomic mass is 19.4. The zero-order chi connectivity index (χ0) is 19.2. The van der Waals surface area contributed by atoms with Gasteiger partial charge in [-0.05, 0) is 30.0 Å². The average Bonchev–Trinajstić information content (AvgIpc) is 3.09. The van der Waals surface area contributed by atoms with Crippen molar-refractivity contribution in [3.63, 3.8) is 0 Å². The summed E-state index contributed by atoms with van der Waals surface area (Å²) in [4.78, 5) is 25.2. The Morgan fingerprint density at radius 3 is 2.93 bits per heavy atom. The minimum Gasteiger partial charge on any atom is -0.360 e.